The second kappa shape index (κ2) is 7.29. The molecular formula is C16H24O3. The van der Waals surface area contributed by atoms with Crippen molar-refractivity contribution in [2.24, 2.45) is 5.92 Å². The summed E-state index contributed by atoms with van der Waals surface area (Å²) in [4.78, 5) is 12.0. The van der Waals surface area contributed by atoms with Crippen molar-refractivity contribution in [3.8, 4) is 0 Å². The van der Waals surface area contributed by atoms with E-state index in [4.69, 9.17) is 4.74 Å². The van der Waals surface area contributed by atoms with E-state index in [9.17, 15) is 9.90 Å². The van der Waals surface area contributed by atoms with Crippen molar-refractivity contribution in [1.29, 1.82) is 0 Å². The molecule has 106 valence electrons. The zero-order valence-electron chi connectivity index (χ0n) is 12.1. The van der Waals surface area contributed by atoms with Crippen molar-refractivity contribution < 1.29 is 14.6 Å². The van der Waals surface area contributed by atoms with Crippen LogP contribution in [0.4, 0.5) is 0 Å². The van der Waals surface area contributed by atoms with Gasteiger partial charge >= 0.3 is 5.97 Å². The first-order valence-corrected chi connectivity index (χ1v) is 6.94. The minimum absolute atomic E-state index is 0.301. The van der Waals surface area contributed by atoms with Gasteiger partial charge in [-0.3, -0.25) is 4.79 Å². The first-order chi connectivity index (χ1) is 9.01. The van der Waals surface area contributed by atoms with E-state index in [2.05, 4.69) is 0 Å². The lowest BCUT2D eigenvalue weighted by molar-refractivity contribution is -0.157. The molecule has 1 aromatic carbocycles. The molecule has 0 radical (unpaired) electrons. The zero-order chi connectivity index (χ0) is 14.3. The molecule has 0 saturated heterocycles. The van der Waals surface area contributed by atoms with Gasteiger partial charge in [-0.05, 0) is 25.8 Å². The summed E-state index contributed by atoms with van der Waals surface area (Å²) in [7, 11) is 0. The highest BCUT2D eigenvalue weighted by molar-refractivity contribution is 5.73. The fraction of sp³-hybridized carbons (Fsp3) is 0.562. The summed E-state index contributed by atoms with van der Waals surface area (Å²) < 4.78 is 5.08. The Morgan fingerprint density at radius 2 is 1.95 bits per heavy atom. The Labute approximate surface area is 115 Å². The maximum atomic E-state index is 12.0. The van der Waals surface area contributed by atoms with Crippen molar-refractivity contribution in [3.63, 3.8) is 0 Å². The molecule has 0 aromatic heterocycles. The normalized spacial score (nSPS) is 15.6. The number of carbonyl (C=O) groups excluding carboxylic acids is 1. The van der Waals surface area contributed by atoms with Crippen molar-refractivity contribution in [2.75, 3.05) is 6.61 Å². The molecule has 2 atom stereocenters. The summed E-state index contributed by atoms with van der Waals surface area (Å²) in [6.07, 6.45) is 1.93. The van der Waals surface area contributed by atoms with Crippen molar-refractivity contribution in [3.05, 3.63) is 35.9 Å². The Balaban J connectivity index is 2.83. The average molecular weight is 264 g/mol. The Morgan fingerprint density at radius 1 is 1.32 bits per heavy atom. The molecule has 3 heteroatoms. The topological polar surface area (TPSA) is 46.5 Å². The minimum atomic E-state index is -1.08. The van der Waals surface area contributed by atoms with Gasteiger partial charge in [-0.15, -0.1) is 0 Å². The van der Waals surface area contributed by atoms with Crippen LogP contribution in [-0.2, 0) is 16.0 Å². The maximum Gasteiger partial charge on any atom is 0.311 e. The molecule has 2 unspecified atom stereocenters. The van der Waals surface area contributed by atoms with Gasteiger partial charge in [-0.2, -0.15) is 0 Å². The molecule has 0 bridgehead atoms. The first kappa shape index (κ1) is 15.7. The second-order valence-corrected chi connectivity index (χ2v) is 5.11. The fourth-order valence-corrected chi connectivity index (χ4v) is 2.35. The van der Waals surface area contributed by atoms with Crippen LogP contribution in [0.3, 0.4) is 0 Å². The van der Waals surface area contributed by atoms with Gasteiger partial charge in [0, 0.05) is 6.42 Å². The highest BCUT2D eigenvalue weighted by Gasteiger charge is 2.37. The minimum Gasteiger partial charge on any atom is -0.466 e. The van der Waals surface area contributed by atoms with Gasteiger partial charge in [0.25, 0.3) is 0 Å². The fourth-order valence-electron chi connectivity index (χ4n) is 2.35. The third-order valence-electron chi connectivity index (χ3n) is 3.30. The molecule has 1 N–H and O–H groups in total. The molecule has 0 aliphatic carbocycles. The molecule has 0 aliphatic heterocycles. The lowest BCUT2D eigenvalue weighted by atomic mass is 9.81. The number of carbonyl (C=O) groups is 1. The standard InChI is InChI=1S/C16H24O3/c1-4-9-14(15(17)19-5-2)16(3,18)12-13-10-7-6-8-11-13/h6-8,10-11,14,18H,4-5,9,12H2,1-3H3. The molecule has 0 amide bonds. The van der Waals surface area contributed by atoms with Gasteiger partial charge < -0.3 is 9.84 Å². The number of hydrogen-bond acceptors (Lipinski definition) is 3. The molecule has 0 saturated carbocycles. The molecule has 1 rings (SSSR count). The third kappa shape index (κ3) is 4.67. The van der Waals surface area contributed by atoms with Crippen LogP contribution >= 0.6 is 0 Å². The van der Waals surface area contributed by atoms with Crippen LogP contribution in [-0.4, -0.2) is 23.3 Å². The van der Waals surface area contributed by atoms with E-state index in [1.807, 2.05) is 37.3 Å². The number of esters is 1. The third-order valence-corrected chi connectivity index (χ3v) is 3.30. The van der Waals surface area contributed by atoms with Crippen LogP contribution in [0.5, 0.6) is 0 Å². The number of benzene rings is 1. The predicted octanol–water partition coefficient (Wildman–Crippen LogP) is 2.96. The highest BCUT2D eigenvalue weighted by atomic mass is 16.5. The summed E-state index contributed by atoms with van der Waals surface area (Å²) in [5.41, 5.74) is -0.0539. The maximum absolute atomic E-state index is 12.0. The van der Waals surface area contributed by atoms with Crippen LogP contribution in [0.2, 0.25) is 0 Å². The van der Waals surface area contributed by atoms with E-state index in [0.717, 1.165) is 12.0 Å². The van der Waals surface area contributed by atoms with E-state index < -0.39 is 11.5 Å². The Kier molecular flexibility index (Phi) is 6.03. The SMILES string of the molecule is CCCC(C(=O)OCC)C(C)(O)Cc1ccccc1. The van der Waals surface area contributed by atoms with Gasteiger partial charge in [0.05, 0.1) is 18.1 Å². The summed E-state index contributed by atoms with van der Waals surface area (Å²) in [5, 5.41) is 10.7. The van der Waals surface area contributed by atoms with E-state index in [1.54, 1.807) is 13.8 Å². The monoisotopic (exact) mass is 264 g/mol. The Hall–Kier alpha value is -1.35. The van der Waals surface area contributed by atoms with Crippen LogP contribution in [0.1, 0.15) is 39.2 Å². The Bertz CT molecular complexity index is 384. The molecule has 0 fully saturated rings. The molecule has 19 heavy (non-hydrogen) atoms. The van der Waals surface area contributed by atoms with Gasteiger partial charge in [0.2, 0.25) is 0 Å². The van der Waals surface area contributed by atoms with Gasteiger partial charge in [-0.1, -0.05) is 43.7 Å². The number of ether oxygens (including phenoxy) is 1. The molecule has 1 aromatic rings. The van der Waals surface area contributed by atoms with E-state index in [1.165, 1.54) is 0 Å². The van der Waals surface area contributed by atoms with E-state index in [0.29, 0.717) is 19.4 Å². The first-order valence-electron chi connectivity index (χ1n) is 6.94. The molecule has 3 nitrogen and oxygen atoms in total. The van der Waals surface area contributed by atoms with Crippen molar-refractivity contribution in [1.82, 2.24) is 0 Å². The summed E-state index contributed by atoms with van der Waals surface area (Å²) in [6.45, 7) is 5.86. The molecule has 0 aliphatic rings. The summed E-state index contributed by atoms with van der Waals surface area (Å²) in [6, 6.07) is 9.73. The van der Waals surface area contributed by atoms with Gasteiger partial charge in [-0.25, -0.2) is 0 Å². The lowest BCUT2D eigenvalue weighted by Gasteiger charge is -2.31. The van der Waals surface area contributed by atoms with Crippen LogP contribution in [0.25, 0.3) is 0 Å². The van der Waals surface area contributed by atoms with Crippen LogP contribution in [0.15, 0.2) is 30.3 Å². The smallest absolute Gasteiger partial charge is 0.311 e. The quantitative estimate of drug-likeness (QED) is 0.770. The molecular weight excluding hydrogens is 240 g/mol. The number of rotatable bonds is 7. The summed E-state index contributed by atoms with van der Waals surface area (Å²) >= 11 is 0. The van der Waals surface area contributed by atoms with Crippen molar-refractivity contribution in [2.45, 2.75) is 45.6 Å². The molecule has 0 spiro atoms. The zero-order valence-corrected chi connectivity index (χ0v) is 12.1. The highest BCUT2D eigenvalue weighted by Crippen LogP contribution is 2.27. The lowest BCUT2D eigenvalue weighted by Crippen LogP contribution is -2.42. The van der Waals surface area contributed by atoms with Crippen LogP contribution < -0.4 is 0 Å². The Morgan fingerprint density at radius 3 is 2.47 bits per heavy atom. The summed E-state index contributed by atoms with van der Waals surface area (Å²) in [5.74, 6) is -0.775. The average Bonchev–Trinajstić information content (AvgIpc) is 2.36. The molecule has 0 heterocycles. The van der Waals surface area contributed by atoms with Crippen molar-refractivity contribution >= 4 is 5.97 Å². The number of aliphatic hydroxyl groups is 1. The van der Waals surface area contributed by atoms with E-state index >= 15 is 0 Å². The van der Waals surface area contributed by atoms with Gasteiger partial charge in [0.15, 0.2) is 0 Å². The van der Waals surface area contributed by atoms with Gasteiger partial charge in [0.1, 0.15) is 0 Å². The number of hydrogen-bond donors (Lipinski definition) is 1. The van der Waals surface area contributed by atoms with E-state index in [-0.39, 0.29) is 5.97 Å². The largest absolute Gasteiger partial charge is 0.466 e. The predicted molar refractivity (Wildman–Crippen MR) is 75.8 cm³/mol. The second-order valence-electron chi connectivity index (χ2n) is 5.11. The van der Waals surface area contributed by atoms with Crippen LogP contribution in [0, 0.1) is 5.92 Å².